The lowest BCUT2D eigenvalue weighted by atomic mass is 10.2. The first kappa shape index (κ1) is 16.9. The fourth-order valence-electron chi connectivity index (χ4n) is 2.32. The lowest BCUT2D eigenvalue weighted by molar-refractivity contribution is -0.385. The summed E-state index contributed by atoms with van der Waals surface area (Å²) in [5.41, 5.74) is 3.34. The topological polar surface area (TPSA) is 110 Å². The summed E-state index contributed by atoms with van der Waals surface area (Å²) in [6.07, 6.45) is 4.93. The summed E-state index contributed by atoms with van der Waals surface area (Å²) in [4.78, 5) is 22.2. The summed E-state index contributed by atoms with van der Waals surface area (Å²) in [6.45, 7) is 0. The van der Waals surface area contributed by atoms with Crippen molar-refractivity contribution in [3.8, 4) is 11.4 Å². The molecule has 8 heteroatoms. The van der Waals surface area contributed by atoms with Gasteiger partial charge >= 0.3 is 5.69 Å². The third-order valence-electron chi connectivity index (χ3n) is 3.64. The molecular weight excluding hydrogens is 336 g/mol. The van der Waals surface area contributed by atoms with E-state index in [-0.39, 0.29) is 5.56 Å². The van der Waals surface area contributed by atoms with Crippen molar-refractivity contribution in [2.75, 3.05) is 0 Å². The van der Waals surface area contributed by atoms with Gasteiger partial charge in [-0.2, -0.15) is 5.10 Å². The molecule has 2 N–H and O–H groups in total. The Balaban J connectivity index is 1.68. The molecular formula is C18H14N4O4. The largest absolute Gasteiger partial charge is 0.502 e. The molecule has 26 heavy (non-hydrogen) atoms. The number of nitro benzene ring substituents is 1. The number of carbonyl (C=O) groups excluding carboxylic acids is 1. The number of nitrogens with zero attached hydrogens (tertiary/aromatic N) is 3. The van der Waals surface area contributed by atoms with Crippen LogP contribution in [0.3, 0.4) is 0 Å². The number of nitrogens with one attached hydrogen (secondary N) is 1. The fourth-order valence-corrected chi connectivity index (χ4v) is 2.32. The van der Waals surface area contributed by atoms with Crippen molar-refractivity contribution in [2.45, 2.75) is 0 Å². The van der Waals surface area contributed by atoms with E-state index in [1.165, 1.54) is 18.2 Å². The van der Waals surface area contributed by atoms with Gasteiger partial charge in [-0.3, -0.25) is 14.9 Å². The number of hydrazone groups is 1. The second-order valence-corrected chi connectivity index (χ2v) is 5.31. The predicted octanol–water partition coefficient (Wildman–Crippen LogP) is 2.86. The maximum atomic E-state index is 12.1. The highest BCUT2D eigenvalue weighted by atomic mass is 16.6. The monoisotopic (exact) mass is 350 g/mol. The lowest BCUT2D eigenvalue weighted by Crippen LogP contribution is -2.17. The van der Waals surface area contributed by atoms with Crippen molar-refractivity contribution in [3.05, 3.63) is 88.2 Å². The minimum atomic E-state index is -0.697. The summed E-state index contributed by atoms with van der Waals surface area (Å²) < 4.78 is 1.91. The minimum Gasteiger partial charge on any atom is -0.502 e. The van der Waals surface area contributed by atoms with Crippen LogP contribution in [0.4, 0.5) is 5.69 Å². The second kappa shape index (κ2) is 7.31. The van der Waals surface area contributed by atoms with Gasteiger partial charge in [0.15, 0.2) is 0 Å². The van der Waals surface area contributed by atoms with Crippen LogP contribution in [-0.4, -0.2) is 26.7 Å². The third kappa shape index (κ3) is 3.59. The molecule has 3 rings (SSSR count). The number of nitro groups is 1. The molecule has 1 amide bonds. The van der Waals surface area contributed by atoms with Crippen LogP contribution in [-0.2, 0) is 0 Å². The molecule has 2 aromatic carbocycles. The van der Waals surface area contributed by atoms with E-state index in [2.05, 4.69) is 10.5 Å². The van der Waals surface area contributed by atoms with Crippen LogP contribution in [0.1, 0.15) is 15.9 Å². The summed E-state index contributed by atoms with van der Waals surface area (Å²) in [5.74, 6) is -0.947. The summed E-state index contributed by atoms with van der Waals surface area (Å²) >= 11 is 0. The fraction of sp³-hybridized carbons (Fsp3) is 0. The van der Waals surface area contributed by atoms with Crippen LogP contribution in [0.15, 0.2) is 72.1 Å². The Labute approximate surface area is 148 Å². The average Bonchev–Trinajstić information content (AvgIpc) is 3.17. The number of aromatic hydroxyl groups is 1. The number of rotatable bonds is 5. The smallest absolute Gasteiger partial charge is 0.311 e. The maximum Gasteiger partial charge on any atom is 0.311 e. The first-order valence-corrected chi connectivity index (χ1v) is 7.59. The Morgan fingerprint density at radius 2 is 1.81 bits per heavy atom. The minimum absolute atomic E-state index is 0.127. The van der Waals surface area contributed by atoms with Gasteiger partial charge in [0.05, 0.1) is 11.1 Å². The molecule has 0 atom stereocenters. The van der Waals surface area contributed by atoms with Gasteiger partial charge in [-0.1, -0.05) is 6.07 Å². The van der Waals surface area contributed by atoms with Gasteiger partial charge in [-0.05, 0) is 42.5 Å². The molecule has 0 aliphatic rings. The highest BCUT2D eigenvalue weighted by Crippen LogP contribution is 2.27. The molecule has 0 unspecified atom stereocenters. The molecule has 130 valence electrons. The Morgan fingerprint density at radius 3 is 2.46 bits per heavy atom. The number of carbonyl (C=O) groups is 1. The Kier molecular flexibility index (Phi) is 4.75. The van der Waals surface area contributed by atoms with Gasteiger partial charge < -0.3 is 9.67 Å². The van der Waals surface area contributed by atoms with E-state index in [0.29, 0.717) is 5.56 Å². The van der Waals surface area contributed by atoms with Gasteiger partial charge in [0, 0.05) is 35.3 Å². The predicted molar refractivity (Wildman–Crippen MR) is 95.6 cm³/mol. The van der Waals surface area contributed by atoms with E-state index in [1.54, 1.807) is 24.3 Å². The summed E-state index contributed by atoms with van der Waals surface area (Å²) in [5, 5.41) is 24.3. The standard InChI is InChI=1S/C18H14N4O4/c23-17-14(4-3-5-16(17)22(25)26)12-19-20-18(24)13-6-8-15(9-7-13)21-10-1-2-11-21/h1-12,23H,(H,20,24)/b19-12+. The molecule has 1 heterocycles. The number of benzene rings is 2. The Bertz CT molecular complexity index is 963. The van der Waals surface area contributed by atoms with Gasteiger partial charge in [0.25, 0.3) is 5.91 Å². The summed E-state index contributed by atoms with van der Waals surface area (Å²) in [7, 11) is 0. The molecule has 8 nitrogen and oxygen atoms in total. The van der Waals surface area contributed by atoms with Gasteiger partial charge in [-0.15, -0.1) is 0 Å². The number of para-hydroxylation sites is 1. The normalized spacial score (nSPS) is 10.8. The van der Waals surface area contributed by atoms with Crippen LogP contribution in [0.5, 0.6) is 5.75 Å². The number of hydrogen-bond acceptors (Lipinski definition) is 5. The maximum absolute atomic E-state index is 12.1. The van der Waals surface area contributed by atoms with E-state index in [4.69, 9.17) is 0 Å². The van der Waals surface area contributed by atoms with Crippen LogP contribution in [0.2, 0.25) is 0 Å². The Hall–Kier alpha value is -3.94. The van der Waals surface area contributed by atoms with Crippen molar-refractivity contribution in [2.24, 2.45) is 5.10 Å². The third-order valence-corrected chi connectivity index (χ3v) is 3.64. The Morgan fingerprint density at radius 1 is 1.12 bits per heavy atom. The van der Waals surface area contributed by atoms with Crippen LogP contribution in [0, 0.1) is 10.1 Å². The number of phenolic OH excluding ortho intramolecular Hbond substituents is 1. The molecule has 0 spiro atoms. The number of phenols is 1. The highest BCUT2D eigenvalue weighted by molar-refractivity contribution is 5.95. The zero-order chi connectivity index (χ0) is 18.5. The van der Waals surface area contributed by atoms with E-state index >= 15 is 0 Å². The number of aromatic nitrogens is 1. The average molecular weight is 350 g/mol. The van der Waals surface area contributed by atoms with Gasteiger partial charge in [-0.25, -0.2) is 5.43 Å². The van der Waals surface area contributed by atoms with Gasteiger partial charge in [0.1, 0.15) is 0 Å². The van der Waals surface area contributed by atoms with E-state index in [1.807, 2.05) is 29.1 Å². The molecule has 0 fully saturated rings. The zero-order valence-electron chi connectivity index (χ0n) is 13.4. The zero-order valence-corrected chi connectivity index (χ0v) is 13.4. The first-order chi connectivity index (χ1) is 12.6. The van der Waals surface area contributed by atoms with E-state index < -0.39 is 22.3 Å². The molecule has 1 aromatic heterocycles. The van der Waals surface area contributed by atoms with Crippen LogP contribution >= 0.6 is 0 Å². The van der Waals surface area contributed by atoms with Crippen LogP contribution in [0.25, 0.3) is 5.69 Å². The molecule has 3 aromatic rings. The first-order valence-electron chi connectivity index (χ1n) is 7.59. The highest BCUT2D eigenvalue weighted by Gasteiger charge is 2.15. The van der Waals surface area contributed by atoms with Crippen molar-refractivity contribution in [3.63, 3.8) is 0 Å². The van der Waals surface area contributed by atoms with Crippen molar-refractivity contribution < 1.29 is 14.8 Å². The molecule has 0 radical (unpaired) electrons. The van der Waals surface area contributed by atoms with Gasteiger partial charge in [0.2, 0.25) is 5.75 Å². The van der Waals surface area contributed by atoms with E-state index in [9.17, 15) is 20.0 Å². The van der Waals surface area contributed by atoms with Crippen molar-refractivity contribution in [1.29, 1.82) is 0 Å². The molecule has 0 aliphatic carbocycles. The molecule has 0 saturated heterocycles. The molecule has 0 bridgehead atoms. The summed E-state index contributed by atoms with van der Waals surface area (Å²) in [6, 6.07) is 14.8. The number of hydrogen-bond donors (Lipinski definition) is 2. The quantitative estimate of drug-likeness (QED) is 0.419. The lowest BCUT2D eigenvalue weighted by Gasteiger charge is -2.04. The van der Waals surface area contributed by atoms with Crippen LogP contribution < -0.4 is 5.43 Å². The second-order valence-electron chi connectivity index (χ2n) is 5.31. The molecule has 0 saturated carbocycles. The van der Waals surface area contributed by atoms with Crippen molar-refractivity contribution >= 4 is 17.8 Å². The van der Waals surface area contributed by atoms with E-state index in [0.717, 1.165) is 11.9 Å². The number of amides is 1. The van der Waals surface area contributed by atoms with Crippen molar-refractivity contribution in [1.82, 2.24) is 9.99 Å². The molecule has 0 aliphatic heterocycles. The SMILES string of the molecule is O=C(N/N=C/c1cccc([N+](=O)[O-])c1O)c1ccc(-n2cccc2)cc1.